The maximum absolute atomic E-state index is 13.9. The molecule has 1 aliphatic heterocycles. The molecular formula is C24H28FN3O3. The lowest BCUT2D eigenvalue weighted by molar-refractivity contribution is 0.0348. The number of pyridine rings is 1. The van der Waals surface area contributed by atoms with E-state index in [1.807, 2.05) is 32.8 Å². The number of nitrogens with zero attached hydrogens (tertiary/aromatic N) is 3. The van der Waals surface area contributed by atoms with Crippen molar-refractivity contribution < 1.29 is 19.0 Å². The van der Waals surface area contributed by atoms with Crippen molar-refractivity contribution in [3.63, 3.8) is 0 Å². The molecule has 0 unspecified atom stereocenters. The molecule has 2 aromatic rings. The van der Waals surface area contributed by atoms with Crippen LogP contribution < -0.4 is 4.74 Å². The Morgan fingerprint density at radius 1 is 1.35 bits per heavy atom. The average Bonchev–Trinajstić information content (AvgIpc) is 2.75. The van der Waals surface area contributed by atoms with E-state index in [0.717, 1.165) is 0 Å². The summed E-state index contributed by atoms with van der Waals surface area (Å²) < 4.78 is 20.0. The number of hydrogen-bond donors (Lipinski definition) is 1. The van der Waals surface area contributed by atoms with Gasteiger partial charge >= 0.3 is 0 Å². The number of halogens is 1. The second-order valence-electron chi connectivity index (χ2n) is 8.19. The molecule has 1 aromatic carbocycles. The van der Waals surface area contributed by atoms with Gasteiger partial charge in [0.15, 0.2) is 0 Å². The molecule has 0 saturated heterocycles. The third-order valence-corrected chi connectivity index (χ3v) is 5.28. The van der Waals surface area contributed by atoms with Gasteiger partial charge in [-0.1, -0.05) is 30.9 Å². The number of aliphatic hydroxyl groups excluding tert-OH is 1. The van der Waals surface area contributed by atoms with E-state index < -0.39 is 5.82 Å². The molecule has 0 bridgehead atoms. The number of fused-ring (bicyclic) bond motifs is 1. The maximum atomic E-state index is 13.9. The van der Waals surface area contributed by atoms with Crippen LogP contribution in [-0.4, -0.2) is 71.7 Å². The Hall–Kier alpha value is -2.95. The monoisotopic (exact) mass is 425 g/mol. The van der Waals surface area contributed by atoms with Crippen LogP contribution in [0.3, 0.4) is 0 Å². The predicted octanol–water partition coefficient (Wildman–Crippen LogP) is 2.40. The summed E-state index contributed by atoms with van der Waals surface area (Å²) in [5.41, 5.74) is 1.04. The fourth-order valence-electron chi connectivity index (χ4n) is 3.45. The topological polar surface area (TPSA) is 65.9 Å². The van der Waals surface area contributed by atoms with Crippen molar-refractivity contribution in [1.29, 1.82) is 0 Å². The Balaban J connectivity index is 2.02. The minimum absolute atomic E-state index is 0.0378. The summed E-state index contributed by atoms with van der Waals surface area (Å²) in [7, 11) is 3.92. The van der Waals surface area contributed by atoms with Gasteiger partial charge in [-0.05, 0) is 39.2 Å². The summed E-state index contributed by atoms with van der Waals surface area (Å²) in [6, 6.07) is 7.53. The first-order chi connectivity index (χ1) is 14.8. The van der Waals surface area contributed by atoms with Gasteiger partial charge in [0.2, 0.25) is 5.88 Å². The molecule has 2 heterocycles. The maximum Gasteiger partial charge on any atom is 0.259 e. The number of carbonyl (C=O) groups is 1. The molecule has 7 heteroatoms. The number of hydrogen-bond acceptors (Lipinski definition) is 5. The van der Waals surface area contributed by atoms with Gasteiger partial charge in [-0.2, -0.15) is 0 Å². The van der Waals surface area contributed by atoms with Crippen LogP contribution in [0, 0.1) is 23.6 Å². The Morgan fingerprint density at radius 3 is 2.77 bits per heavy atom. The lowest BCUT2D eigenvalue weighted by Crippen LogP contribution is -2.49. The van der Waals surface area contributed by atoms with Gasteiger partial charge in [0.05, 0.1) is 18.2 Å². The zero-order valence-electron chi connectivity index (χ0n) is 18.3. The largest absolute Gasteiger partial charge is 0.472 e. The number of aromatic nitrogens is 1. The highest BCUT2D eigenvalue weighted by Gasteiger charge is 2.33. The number of carbonyl (C=O) groups excluding carboxylic acids is 1. The van der Waals surface area contributed by atoms with Crippen molar-refractivity contribution >= 4 is 5.91 Å². The van der Waals surface area contributed by atoms with E-state index in [9.17, 15) is 14.3 Å². The van der Waals surface area contributed by atoms with Crippen LogP contribution in [0.5, 0.6) is 5.88 Å². The van der Waals surface area contributed by atoms with Gasteiger partial charge in [-0.3, -0.25) is 4.79 Å². The molecule has 1 aliphatic rings. The summed E-state index contributed by atoms with van der Waals surface area (Å²) >= 11 is 0. The van der Waals surface area contributed by atoms with Crippen LogP contribution in [0.15, 0.2) is 36.5 Å². The van der Waals surface area contributed by atoms with Gasteiger partial charge in [-0.25, -0.2) is 9.37 Å². The summed E-state index contributed by atoms with van der Waals surface area (Å²) in [5.74, 6) is 5.28. The number of amides is 1. The summed E-state index contributed by atoms with van der Waals surface area (Å²) in [6.45, 7) is 4.80. The molecule has 0 fully saturated rings. The Bertz CT molecular complexity index is 999. The normalized spacial score (nSPS) is 19.6. The molecule has 1 N–H and O–H groups in total. The molecule has 0 aliphatic carbocycles. The molecule has 3 atom stereocenters. The third-order valence-electron chi connectivity index (χ3n) is 5.28. The van der Waals surface area contributed by atoms with Crippen LogP contribution in [0.1, 0.15) is 35.3 Å². The standard InChI is InChI=1S/C24H28FN3O3/c1-16-13-28(17(2)15-29)24(30)20-11-18(9-10-19-7-5-6-8-21(19)25)12-26-23(20)31-22(16)14-27(3)4/h5-8,11-12,16-17,22,29H,13-15H2,1-4H3/t16-,17-,22-/m0/s1. The van der Waals surface area contributed by atoms with Gasteiger partial charge in [0.25, 0.3) is 5.91 Å². The lowest BCUT2D eigenvalue weighted by atomic mass is 10.00. The molecule has 31 heavy (non-hydrogen) atoms. The number of benzene rings is 1. The van der Waals surface area contributed by atoms with Crippen LogP contribution >= 0.6 is 0 Å². The number of ether oxygens (including phenoxy) is 1. The highest BCUT2D eigenvalue weighted by atomic mass is 19.1. The lowest BCUT2D eigenvalue weighted by Gasteiger charge is -2.37. The Labute approximate surface area is 182 Å². The summed E-state index contributed by atoms with van der Waals surface area (Å²) in [5, 5.41) is 9.70. The zero-order valence-corrected chi connectivity index (χ0v) is 18.3. The fraction of sp³-hybridized carbons (Fsp3) is 0.417. The molecule has 0 radical (unpaired) electrons. The number of likely N-dealkylation sites (N-methyl/N-ethyl adjacent to an activating group) is 1. The summed E-state index contributed by atoms with van der Waals surface area (Å²) in [4.78, 5) is 21.4. The highest BCUT2D eigenvalue weighted by molar-refractivity contribution is 5.97. The second kappa shape index (κ2) is 9.90. The van der Waals surface area contributed by atoms with E-state index in [0.29, 0.717) is 18.7 Å². The van der Waals surface area contributed by atoms with Crippen molar-refractivity contribution in [3.05, 3.63) is 59.0 Å². The van der Waals surface area contributed by atoms with Crippen LogP contribution in [0.2, 0.25) is 0 Å². The minimum atomic E-state index is -0.405. The molecule has 1 aromatic heterocycles. The van der Waals surface area contributed by atoms with Crippen LogP contribution in [-0.2, 0) is 0 Å². The van der Waals surface area contributed by atoms with Crippen molar-refractivity contribution in [2.24, 2.45) is 5.92 Å². The Morgan fingerprint density at radius 2 is 2.10 bits per heavy atom. The summed E-state index contributed by atoms with van der Waals surface area (Å²) in [6.07, 6.45) is 1.34. The van der Waals surface area contributed by atoms with E-state index in [1.165, 1.54) is 12.3 Å². The van der Waals surface area contributed by atoms with Crippen molar-refractivity contribution in [2.45, 2.75) is 26.0 Å². The molecular weight excluding hydrogens is 397 g/mol. The van der Waals surface area contributed by atoms with E-state index >= 15 is 0 Å². The Kier molecular flexibility index (Phi) is 7.26. The minimum Gasteiger partial charge on any atom is -0.472 e. The second-order valence-corrected chi connectivity index (χ2v) is 8.19. The smallest absolute Gasteiger partial charge is 0.259 e. The quantitative estimate of drug-likeness (QED) is 0.762. The molecule has 1 amide bonds. The highest BCUT2D eigenvalue weighted by Crippen LogP contribution is 2.27. The molecule has 6 nitrogen and oxygen atoms in total. The van der Waals surface area contributed by atoms with Crippen molar-refractivity contribution in [1.82, 2.24) is 14.8 Å². The molecule has 0 saturated carbocycles. The van der Waals surface area contributed by atoms with Crippen LogP contribution in [0.25, 0.3) is 0 Å². The molecule has 0 spiro atoms. The van der Waals surface area contributed by atoms with E-state index in [-0.39, 0.29) is 47.6 Å². The van der Waals surface area contributed by atoms with E-state index in [2.05, 4.69) is 16.8 Å². The first-order valence-corrected chi connectivity index (χ1v) is 10.3. The van der Waals surface area contributed by atoms with Gasteiger partial charge in [0.1, 0.15) is 17.5 Å². The first kappa shape index (κ1) is 22.7. The van der Waals surface area contributed by atoms with Crippen molar-refractivity contribution in [3.8, 4) is 17.7 Å². The fourth-order valence-corrected chi connectivity index (χ4v) is 3.45. The number of aliphatic hydroxyl groups is 1. The predicted molar refractivity (Wildman–Crippen MR) is 116 cm³/mol. The van der Waals surface area contributed by atoms with Gasteiger partial charge in [0, 0.05) is 30.8 Å². The molecule has 164 valence electrons. The van der Waals surface area contributed by atoms with Gasteiger partial charge in [-0.15, -0.1) is 0 Å². The van der Waals surface area contributed by atoms with Crippen LogP contribution in [0.4, 0.5) is 4.39 Å². The third kappa shape index (κ3) is 5.40. The SMILES string of the molecule is C[C@H]1CN([C@@H](C)CO)C(=O)c2cc(C#Cc3ccccc3F)cnc2O[C@H]1CN(C)C. The number of rotatable bonds is 4. The van der Waals surface area contributed by atoms with Gasteiger partial charge < -0.3 is 19.6 Å². The first-order valence-electron chi connectivity index (χ1n) is 10.3. The zero-order chi connectivity index (χ0) is 22.5. The van der Waals surface area contributed by atoms with Crippen molar-refractivity contribution in [2.75, 3.05) is 33.8 Å². The average molecular weight is 426 g/mol. The molecule has 3 rings (SSSR count). The van der Waals surface area contributed by atoms with E-state index in [1.54, 1.807) is 29.2 Å². The van der Waals surface area contributed by atoms with E-state index in [4.69, 9.17) is 4.74 Å².